The Morgan fingerprint density at radius 3 is 2.61 bits per heavy atom. The lowest BCUT2D eigenvalue weighted by Gasteiger charge is -2.34. The molecule has 1 atom stereocenters. The Hall–Kier alpha value is -1.83. The van der Waals surface area contributed by atoms with Crippen LogP contribution in [-0.4, -0.2) is 74.1 Å². The highest BCUT2D eigenvalue weighted by Gasteiger charge is 2.23. The third-order valence-corrected chi connectivity index (χ3v) is 4.94. The van der Waals surface area contributed by atoms with Gasteiger partial charge in [-0.1, -0.05) is 0 Å². The molecule has 1 heterocycles. The minimum absolute atomic E-state index is 0.107. The van der Waals surface area contributed by atoms with Gasteiger partial charge in [-0.2, -0.15) is 0 Å². The van der Waals surface area contributed by atoms with Crippen LogP contribution in [0.2, 0.25) is 0 Å². The molecular weight excluding hydrogens is 360 g/mol. The molecular formula is C21H34N2O5. The second kappa shape index (κ2) is 11.2. The van der Waals surface area contributed by atoms with Gasteiger partial charge in [-0.05, 0) is 51.8 Å². The largest absolute Gasteiger partial charge is 0.493 e. The van der Waals surface area contributed by atoms with E-state index in [2.05, 4.69) is 24.1 Å². The highest BCUT2D eigenvalue weighted by Crippen LogP contribution is 2.31. The quantitative estimate of drug-likeness (QED) is 0.632. The van der Waals surface area contributed by atoms with Crippen LogP contribution in [0.4, 0.5) is 0 Å². The molecule has 7 nitrogen and oxygen atoms in total. The van der Waals surface area contributed by atoms with E-state index in [1.165, 1.54) is 0 Å². The van der Waals surface area contributed by atoms with Crippen LogP contribution in [-0.2, 0) is 4.74 Å². The predicted octanol–water partition coefficient (Wildman–Crippen LogP) is 2.07. The van der Waals surface area contributed by atoms with Crippen molar-refractivity contribution < 1.29 is 24.1 Å². The van der Waals surface area contributed by atoms with E-state index < -0.39 is 6.10 Å². The molecule has 0 aliphatic carbocycles. The summed E-state index contributed by atoms with van der Waals surface area (Å²) < 4.78 is 16.7. The summed E-state index contributed by atoms with van der Waals surface area (Å²) in [7, 11) is 1.59. The summed E-state index contributed by atoms with van der Waals surface area (Å²) in [5.41, 5.74) is 0.471. The van der Waals surface area contributed by atoms with Crippen LogP contribution < -0.4 is 14.8 Å². The zero-order valence-electron chi connectivity index (χ0n) is 17.4. The number of hydrogen-bond acceptors (Lipinski definition) is 6. The van der Waals surface area contributed by atoms with Crippen molar-refractivity contribution in [3.05, 3.63) is 23.8 Å². The number of ether oxygens (including phenoxy) is 3. The number of nitrogens with one attached hydrogen (secondary N) is 1. The maximum atomic E-state index is 12.4. The number of carbonyl (C=O) groups is 1. The van der Waals surface area contributed by atoms with E-state index in [1.54, 1.807) is 25.3 Å². The summed E-state index contributed by atoms with van der Waals surface area (Å²) in [5, 5.41) is 12.5. The van der Waals surface area contributed by atoms with Crippen molar-refractivity contribution >= 4 is 5.91 Å². The minimum atomic E-state index is -0.732. The summed E-state index contributed by atoms with van der Waals surface area (Å²) in [6.45, 7) is 9.13. The zero-order chi connectivity index (χ0) is 20.5. The first-order valence-corrected chi connectivity index (χ1v) is 10.1. The number of likely N-dealkylation sites (tertiary alicyclic amines) is 1. The molecule has 0 radical (unpaired) electrons. The van der Waals surface area contributed by atoms with Crippen LogP contribution in [0.3, 0.4) is 0 Å². The van der Waals surface area contributed by atoms with E-state index >= 15 is 0 Å². The number of nitrogens with zero attached hydrogens (tertiary/aromatic N) is 1. The second-order valence-corrected chi connectivity index (χ2v) is 7.34. The summed E-state index contributed by atoms with van der Waals surface area (Å²) in [4.78, 5) is 14.9. The van der Waals surface area contributed by atoms with Gasteiger partial charge in [0.05, 0.1) is 19.8 Å². The van der Waals surface area contributed by atoms with E-state index in [9.17, 15) is 9.90 Å². The topological polar surface area (TPSA) is 80.3 Å². The van der Waals surface area contributed by atoms with Crippen molar-refractivity contribution in [3.63, 3.8) is 0 Å². The summed E-state index contributed by atoms with van der Waals surface area (Å²) in [6.07, 6.45) is 1.27. The Balaban J connectivity index is 1.96. The SMILES string of the molecule is CCOC[C@@H](O)CNC(=O)c1ccc(OC)c(OC2CCN(C(C)C)CC2)c1. The molecule has 1 aliphatic heterocycles. The van der Waals surface area contributed by atoms with E-state index in [0.29, 0.717) is 29.7 Å². The Morgan fingerprint density at radius 1 is 1.29 bits per heavy atom. The molecule has 0 bridgehead atoms. The Kier molecular flexibility index (Phi) is 9.02. The average Bonchev–Trinajstić information content (AvgIpc) is 2.70. The van der Waals surface area contributed by atoms with Crippen LogP contribution in [0.25, 0.3) is 0 Å². The fourth-order valence-corrected chi connectivity index (χ4v) is 3.23. The van der Waals surface area contributed by atoms with Gasteiger partial charge in [-0.3, -0.25) is 4.79 Å². The number of hydrogen-bond donors (Lipinski definition) is 2. The molecule has 1 amide bonds. The Morgan fingerprint density at radius 2 is 2.00 bits per heavy atom. The van der Waals surface area contributed by atoms with Crippen molar-refractivity contribution in [1.82, 2.24) is 10.2 Å². The van der Waals surface area contributed by atoms with Crippen molar-refractivity contribution in [3.8, 4) is 11.5 Å². The van der Waals surface area contributed by atoms with E-state index in [1.807, 2.05) is 6.92 Å². The smallest absolute Gasteiger partial charge is 0.251 e. The molecule has 2 rings (SSSR count). The summed E-state index contributed by atoms with van der Waals surface area (Å²) in [6, 6.07) is 5.68. The molecule has 1 fully saturated rings. The molecule has 0 aromatic heterocycles. The number of aliphatic hydroxyl groups is 1. The van der Waals surface area contributed by atoms with Gasteiger partial charge in [0, 0.05) is 37.8 Å². The summed E-state index contributed by atoms with van der Waals surface area (Å²) >= 11 is 0. The van der Waals surface area contributed by atoms with Gasteiger partial charge in [0.15, 0.2) is 11.5 Å². The molecule has 28 heavy (non-hydrogen) atoms. The molecule has 158 valence electrons. The molecule has 2 N–H and O–H groups in total. The molecule has 0 unspecified atom stereocenters. The normalized spacial score (nSPS) is 16.8. The first kappa shape index (κ1) is 22.5. The molecule has 7 heteroatoms. The summed E-state index contributed by atoms with van der Waals surface area (Å²) in [5.74, 6) is 0.921. The standard InChI is InChI=1S/C21H34N2O5/c1-5-27-14-17(24)13-22-21(25)16-6-7-19(26-4)20(12-16)28-18-8-10-23(11-9-18)15(2)3/h6-7,12,15,17-18,24H,5,8-11,13-14H2,1-4H3,(H,22,25)/t17-/m0/s1. The molecule has 1 aliphatic rings. The first-order chi connectivity index (χ1) is 13.4. The number of carbonyl (C=O) groups excluding carboxylic acids is 1. The van der Waals surface area contributed by atoms with Crippen LogP contribution in [0, 0.1) is 0 Å². The van der Waals surface area contributed by atoms with Gasteiger partial charge in [0.25, 0.3) is 5.91 Å². The number of rotatable bonds is 10. The monoisotopic (exact) mass is 394 g/mol. The first-order valence-electron chi connectivity index (χ1n) is 10.1. The lowest BCUT2D eigenvalue weighted by Crippen LogP contribution is -2.41. The van der Waals surface area contributed by atoms with Gasteiger partial charge >= 0.3 is 0 Å². The fourth-order valence-electron chi connectivity index (χ4n) is 3.23. The van der Waals surface area contributed by atoms with Gasteiger partial charge in [-0.15, -0.1) is 0 Å². The van der Waals surface area contributed by atoms with Crippen molar-refractivity contribution in [1.29, 1.82) is 0 Å². The number of piperidine rings is 1. The average molecular weight is 395 g/mol. The molecule has 0 spiro atoms. The van der Waals surface area contributed by atoms with Crippen molar-refractivity contribution in [2.24, 2.45) is 0 Å². The highest BCUT2D eigenvalue weighted by molar-refractivity contribution is 5.94. The fraction of sp³-hybridized carbons (Fsp3) is 0.667. The third-order valence-electron chi connectivity index (χ3n) is 4.94. The molecule has 1 aromatic rings. The molecule has 0 saturated carbocycles. The lowest BCUT2D eigenvalue weighted by molar-refractivity contribution is 0.0418. The predicted molar refractivity (Wildman–Crippen MR) is 108 cm³/mol. The van der Waals surface area contributed by atoms with Crippen LogP contribution in [0.1, 0.15) is 44.0 Å². The lowest BCUT2D eigenvalue weighted by atomic mass is 10.1. The van der Waals surface area contributed by atoms with Crippen LogP contribution >= 0.6 is 0 Å². The Bertz CT molecular complexity index is 615. The van der Waals surface area contributed by atoms with Crippen molar-refractivity contribution in [2.75, 3.05) is 40.0 Å². The zero-order valence-corrected chi connectivity index (χ0v) is 17.4. The highest BCUT2D eigenvalue weighted by atomic mass is 16.5. The maximum absolute atomic E-state index is 12.4. The second-order valence-electron chi connectivity index (χ2n) is 7.34. The van der Waals surface area contributed by atoms with E-state index in [4.69, 9.17) is 14.2 Å². The van der Waals surface area contributed by atoms with Crippen LogP contribution in [0.15, 0.2) is 18.2 Å². The number of benzene rings is 1. The number of aliphatic hydroxyl groups excluding tert-OH is 1. The maximum Gasteiger partial charge on any atom is 0.251 e. The molecule has 1 saturated heterocycles. The minimum Gasteiger partial charge on any atom is -0.493 e. The molecule has 1 aromatic carbocycles. The third kappa shape index (κ3) is 6.65. The van der Waals surface area contributed by atoms with Gasteiger partial charge in [-0.25, -0.2) is 0 Å². The van der Waals surface area contributed by atoms with Gasteiger partial charge in [0.1, 0.15) is 6.10 Å². The van der Waals surface area contributed by atoms with Gasteiger partial charge < -0.3 is 29.5 Å². The van der Waals surface area contributed by atoms with Crippen molar-refractivity contribution in [2.45, 2.75) is 51.9 Å². The van der Waals surface area contributed by atoms with Gasteiger partial charge in [0.2, 0.25) is 0 Å². The van der Waals surface area contributed by atoms with Crippen LogP contribution in [0.5, 0.6) is 11.5 Å². The van der Waals surface area contributed by atoms with E-state index in [-0.39, 0.29) is 25.2 Å². The number of methoxy groups -OCH3 is 1. The Labute approximate surface area is 168 Å². The number of amides is 1. The van der Waals surface area contributed by atoms with E-state index in [0.717, 1.165) is 25.9 Å².